The summed E-state index contributed by atoms with van der Waals surface area (Å²) < 4.78 is 25.1. The van der Waals surface area contributed by atoms with Crippen LogP contribution in [0.25, 0.3) is 0 Å². The van der Waals surface area contributed by atoms with Gasteiger partial charge in [0.1, 0.15) is 5.69 Å². The normalized spacial score (nSPS) is 11.6. The predicted molar refractivity (Wildman–Crippen MR) is 38.5 cm³/mol. The van der Waals surface area contributed by atoms with Crippen LogP contribution in [-0.4, -0.2) is 4.98 Å². The van der Waals surface area contributed by atoms with Gasteiger partial charge in [0.15, 0.2) is 0 Å². The molecular weight excluding hydrogens is 148 g/mol. The van der Waals surface area contributed by atoms with E-state index in [1.165, 1.54) is 6.07 Å². The molecule has 0 bridgehead atoms. The Morgan fingerprint density at radius 2 is 2.00 bits per heavy atom. The third-order valence-electron chi connectivity index (χ3n) is 1.34. The number of aryl methyl sites for hydroxylation is 1. The van der Waals surface area contributed by atoms with Crippen LogP contribution in [-0.2, 0) is 5.92 Å². The summed E-state index contributed by atoms with van der Waals surface area (Å²) in [7, 11) is 0. The minimum absolute atomic E-state index is 0.169. The molecule has 0 aliphatic rings. The highest BCUT2D eigenvalue weighted by Crippen LogP contribution is 2.24. The zero-order valence-electron chi connectivity index (χ0n) is 6.44. The Bertz CT molecular complexity index is 253. The maximum absolute atomic E-state index is 12.6. The summed E-state index contributed by atoms with van der Waals surface area (Å²) in [6.45, 7) is 2.53. The van der Waals surface area contributed by atoms with Crippen molar-refractivity contribution in [3.8, 4) is 0 Å². The smallest absolute Gasteiger partial charge is 0.252 e. The van der Waals surface area contributed by atoms with E-state index >= 15 is 0 Å². The van der Waals surface area contributed by atoms with Crippen molar-refractivity contribution in [3.63, 3.8) is 0 Å². The first-order valence-electron chi connectivity index (χ1n) is 3.32. The number of aromatic nitrogens is 1. The number of nitrogens with zero attached hydrogens (tertiary/aromatic N) is 1. The van der Waals surface area contributed by atoms with Gasteiger partial charge < -0.3 is 0 Å². The lowest BCUT2D eigenvalue weighted by molar-refractivity contribution is 0.0126. The average Bonchev–Trinajstić information content (AvgIpc) is 1.86. The van der Waals surface area contributed by atoms with Gasteiger partial charge >= 0.3 is 0 Å². The van der Waals surface area contributed by atoms with Crippen LogP contribution in [0.1, 0.15) is 18.3 Å². The van der Waals surface area contributed by atoms with Gasteiger partial charge in [0.25, 0.3) is 5.92 Å². The maximum Gasteiger partial charge on any atom is 0.286 e. The van der Waals surface area contributed by atoms with E-state index in [2.05, 4.69) is 4.98 Å². The standard InChI is InChI=1S/C8H9F2N/c1-6-4-3-5-7(11-6)8(2,9)10/h3-5H,1-2H3. The predicted octanol–water partition coefficient (Wildman–Crippen LogP) is 2.50. The van der Waals surface area contributed by atoms with Gasteiger partial charge in [0, 0.05) is 12.6 Å². The van der Waals surface area contributed by atoms with Crippen molar-refractivity contribution in [2.24, 2.45) is 0 Å². The van der Waals surface area contributed by atoms with Gasteiger partial charge in [-0.2, -0.15) is 8.78 Å². The summed E-state index contributed by atoms with van der Waals surface area (Å²) in [6, 6.07) is 4.59. The number of alkyl halides is 2. The van der Waals surface area contributed by atoms with Crippen LogP contribution >= 0.6 is 0 Å². The van der Waals surface area contributed by atoms with Crippen molar-refractivity contribution in [2.45, 2.75) is 19.8 Å². The van der Waals surface area contributed by atoms with Crippen molar-refractivity contribution in [3.05, 3.63) is 29.6 Å². The summed E-state index contributed by atoms with van der Waals surface area (Å²) in [4.78, 5) is 3.69. The molecule has 1 nitrogen and oxygen atoms in total. The highest BCUT2D eigenvalue weighted by molar-refractivity contribution is 5.13. The van der Waals surface area contributed by atoms with Crippen LogP contribution < -0.4 is 0 Å². The first-order chi connectivity index (χ1) is 5.00. The fourth-order valence-corrected chi connectivity index (χ4v) is 0.788. The molecule has 0 atom stereocenters. The molecule has 0 fully saturated rings. The van der Waals surface area contributed by atoms with Crippen LogP contribution in [0.3, 0.4) is 0 Å². The van der Waals surface area contributed by atoms with E-state index in [0.29, 0.717) is 5.69 Å². The molecule has 0 saturated heterocycles. The molecule has 0 spiro atoms. The molecule has 0 N–H and O–H groups in total. The molecular formula is C8H9F2N. The lowest BCUT2D eigenvalue weighted by atomic mass is 10.2. The van der Waals surface area contributed by atoms with Crippen LogP contribution in [0.2, 0.25) is 0 Å². The molecule has 1 aromatic rings. The van der Waals surface area contributed by atoms with Crippen LogP contribution in [0.5, 0.6) is 0 Å². The SMILES string of the molecule is Cc1cccc(C(C)(F)F)n1. The molecule has 0 saturated carbocycles. The van der Waals surface area contributed by atoms with Crippen molar-refractivity contribution in [2.75, 3.05) is 0 Å². The number of hydrogen-bond acceptors (Lipinski definition) is 1. The number of halogens is 2. The number of hydrogen-bond donors (Lipinski definition) is 0. The van der Waals surface area contributed by atoms with Crippen molar-refractivity contribution in [1.29, 1.82) is 0 Å². The van der Waals surface area contributed by atoms with Gasteiger partial charge in [0.2, 0.25) is 0 Å². The molecule has 0 aliphatic carbocycles. The fraction of sp³-hybridized carbons (Fsp3) is 0.375. The minimum atomic E-state index is -2.83. The van der Waals surface area contributed by atoms with Gasteiger partial charge in [-0.15, -0.1) is 0 Å². The zero-order chi connectivity index (χ0) is 8.48. The van der Waals surface area contributed by atoms with Crippen LogP contribution in [0.4, 0.5) is 8.78 Å². The molecule has 1 aromatic heterocycles. The van der Waals surface area contributed by atoms with Crippen molar-refractivity contribution >= 4 is 0 Å². The largest absolute Gasteiger partial charge is 0.286 e. The Kier molecular flexibility index (Phi) is 1.89. The van der Waals surface area contributed by atoms with E-state index in [-0.39, 0.29) is 5.69 Å². The van der Waals surface area contributed by atoms with Gasteiger partial charge in [-0.05, 0) is 19.1 Å². The van der Waals surface area contributed by atoms with Crippen LogP contribution in [0, 0.1) is 6.92 Å². The molecule has 60 valence electrons. The van der Waals surface area contributed by atoms with E-state index in [1.54, 1.807) is 19.1 Å². The Hall–Kier alpha value is -0.990. The molecule has 3 heteroatoms. The number of rotatable bonds is 1. The summed E-state index contributed by atoms with van der Waals surface area (Å²) >= 11 is 0. The summed E-state index contributed by atoms with van der Waals surface area (Å²) in [5, 5.41) is 0. The molecule has 0 unspecified atom stereocenters. The third kappa shape index (κ3) is 1.97. The van der Waals surface area contributed by atoms with Crippen LogP contribution in [0.15, 0.2) is 18.2 Å². The maximum atomic E-state index is 12.6. The third-order valence-corrected chi connectivity index (χ3v) is 1.34. The lowest BCUT2D eigenvalue weighted by Crippen LogP contribution is -2.09. The summed E-state index contributed by atoms with van der Waals surface area (Å²) in [5.41, 5.74) is 0.446. The Morgan fingerprint density at radius 1 is 1.36 bits per heavy atom. The monoisotopic (exact) mass is 157 g/mol. The first kappa shape index (κ1) is 8.11. The Labute approximate surface area is 64.1 Å². The molecule has 0 aliphatic heterocycles. The first-order valence-corrected chi connectivity index (χ1v) is 3.32. The second-order valence-electron chi connectivity index (χ2n) is 2.55. The summed E-state index contributed by atoms with van der Waals surface area (Å²) in [6.07, 6.45) is 0. The van der Waals surface area contributed by atoms with Gasteiger partial charge in [0.05, 0.1) is 0 Å². The molecule has 0 amide bonds. The lowest BCUT2D eigenvalue weighted by Gasteiger charge is -2.08. The average molecular weight is 157 g/mol. The second kappa shape index (κ2) is 2.57. The molecule has 1 rings (SSSR count). The van der Waals surface area contributed by atoms with Crippen molar-refractivity contribution in [1.82, 2.24) is 4.98 Å². The second-order valence-corrected chi connectivity index (χ2v) is 2.55. The molecule has 0 radical (unpaired) electrons. The molecule has 0 aromatic carbocycles. The molecule has 1 heterocycles. The highest BCUT2D eigenvalue weighted by Gasteiger charge is 2.25. The highest BCUT2D eigenvalue weighted by atomic mass is 19.3. The van der Waals surface area contributed by atoms with E-state index in [9.17, 15) is 8.78 Å². The number of pyridine rings is 1. The van der Waals surface area contributed by atoms with E-state index in [1.807, 2.05) is 0 Å². The quantitative estimate of drug-likeness (QED) is 0.610. The molecule has 11 heavy (non-hydrogen) atoms. The summed E-state index contributed by atoms with van der Waals surface area (Å²) in [5.74, 6) is -2.83. The van der Waals surface area contributed by atoms with E-state index in [0.717, 1.165) is 6.92 Å². The van der Waals surface area contributed by atoms with Gasteiger partial charge in [-0.25, -0.2) is 0 Å². The van der Waals surface area contributed by atoms with E-state index in [4.69, 9.17) is 0 Å². The van der Waals surface area contributed by atoms with E-state index < -0.39 is 5.92 Å². The van der Waals surface area contributed by atoms with Gasteiger partial charge in [-0.1, -0.05) is 6.07 Å². The zero-order valence-corrected chi connectivity index (χ0v) is 6.44. The minimum Gasteiger partial charge on any atom is -0.252 e. The Balaban J connectivity index is 3.06. The Morgan fingerprint density at radius 3 is 2.36 bits per heavy atom. The van der Waals surface area contributed by atoms with Crippen molar-refractivity contribution < 1.29 is 8.78 Å². The van der Waals surface area contributed by atoms with Gasteiger partial charge in [-0.3, -0.25) is 4.98 Å². The topological polar surface area (TPSA) is 12.9 Å². The fourth-order valence-electron chi connectivity index (χ4n) is 0.788.